The highest BCUT2D eigenvalue weighted by Crippen LogP contribution is 2.17. The van der Waals surface area contributed by atoms with E-state index in [0.717, 1.165) is 22.0 Å². The van der Waals surface area contributed by atoms with E-state index in [0.29, 0.717) is 12.2 Å². The monoisotopic (exact) mass is 319 g/mol. The number of aryl methyl sites for hydroxylation is 3. The van der Waals surface area contributed by atoms with Crippen LogP contribution in [0.3, 0.4) is 0 Å². The first-order valence-electron chi connectivity index (χ1n) is 6.80. The molecule has 6 nitrogen and oxygen atoms in total. The maximum Gasteiger partial charge on any atom is 0.337 e. The molecule has 0 saturated carbocycles. The molecule has 7 heteroatoms. The fourth-order valence-electron chi connectivity index (χ4n) is 2.10. The molecule has 2 N–H and O–H groups in total. The Labute approximate surface area is 132 Å². The van der Waals surface area contributed by atoms with Crippen LogP contribution in [-0.2, 0) is 6.42 Å². The number of thiazole rings is 1. The second-order valence-corrected chi connectivity index (χ2v) is 6.17. The quantitative estimate of drug-likeness (QED) is 0.881. The Balaban J connectivity index is 1.96. The summed E-state index contributed by atoms with van der Waals surface area (Å²) >= 11 is 1.63. The molecule has 0 fully saturated rings. The van der Waals surface area contributed by atoms with Crippen molar-refractivity contribution in [2.24, 2.45) is 0 Å². The number of nitrogens with one attached hydrogen (secondary N) is 1. The average Bonchev–Trinajstić information content (AvgIpc) is 2.76. The molecule has 0 unspecified atom stereocenters. The standard InChI is InChI=1S/C15H17N3O3S/c1-8-11(15(20)21)4-5-12(18-8)14(19)16-7-6-13-9(2)17-10(3)22-13/h4-5H,6-7H2,1-3H3,(H,16,19)(H,20,21). The first-order valence-corrected chi connectivity index (χ1v) is 7.62. The zero-order valence-electron chi connectivity index (χ0n) is 12.6. The average molecular weight is 319 g/mol. The van der Waals surface area contributed by atoms with Crippen LogP contribution in [-0.4, -0.2) is 33.5 Å². The van der Waals surface area contributed by atoms with Crippen molar-refractivity contribution in [2.45, 2.75) is 27.2 Å². The third kappa shape index (κ3) is 3.67. The zero-order valence-corrected chi connectivity index (χ0v) is 13.5. The lowest BCUT2D eigenvalue weighted by atomic mass is 10.2. The molecule has 22 heavy (non-hydrogen) atoms. The van der Waals surface area contributed by atoms with Gasteiger partial charge in [0.25, 0.3) is 5.91 Å². The molecule has 116 valence electrons. The minimum atomic E-state index is -1.05. The highest BCUT2D eigenvalue weighted by atomic mass is 32.1. The smallest absolute Gasteiger partial charge is 0.337 e. The van der Waals surface area contributed by atoms with Crippen LogP contribution < -0.4 is 5.32 Å². The summed E-state index contributed by atoms with van der Waals surface area (Å²) in [6.07, 6.45) is 0.718. The minimum absolute atomic E-state index is 0.104. The van der Waals surface area contributed by atoms with Crippen LogP contribution in [0.4, 0.5) is 0 Å². The second-order valence-electron chi connectivity index (χ2n) is 4.88. The van der Waals surface area contributed by atoms with Crippen LogP contribution in [0.2, 0.25) is 0 Å². The number of hydrogen-bond acceptors (Lipinski definition) is 5. The predicted octanol–water partition coefficient (Wildman–Crippen LogP) is 2.13. The van der Waals surface area contributed by atoms with Crippen molar-refractivity contribution in [1.82, 2.24) is 15.3 Å². The molecule has 1 amide bonds. The van der Waals surface area contributed by atoms with E-state index in [4.69, 9.17) is 5.11 Å². The van der Waals surface area contributed by atoms with Gasteiger partial charge in [-0.15, -0.1) is 11.3 Å². The summed E-state index contributed by atoms with van der Waals surface area (Å²) in [5, 5.41) is 12.7. The summed E-state index contributed by atoms with van der Waals surface area (Å²) in [4.78, 5) is 32.5. The molecule has 2 heterocycles. The largest absolute Gasteiger partial charge is 0.478 e. The molecular weight excluding hydrogens is 302 g/mol. The Kier molecular flexibility index (Phi) is 4.87. The van der Waals surface area contributed by atoms with Gasteiger partial charge in [-0.2, -0.15) is 0 Å². The van der Waals surface area contributed by atoms with E-state index >= 15 is 0 Å². The summed E-state index contributed by atoms with van der Waals surface area (Å²) in [6, 6.07) is 2.82. The van der Waals surface area contributed by atoms with Gasteiger partial charge < -0.3 is 10.4 Å². The van der Waals surface area contributed by atoms with Crippen LogP contribution in [0, 0.1) is 20.8 Å². The van der Waals surface area contributed by atoms with Crippen LogP contribution in [0.1, 0.15) is 42.1 Å². The van der Waals surface area contributed by atoms with Crippen molar-refractivity contribution in [3.8, 4) is 0 Å². The normalized spacial score (nSPS) is 10.5. The number of carbonyl (C=O) groups is 2. The van der Waals surface area contributed by atoms with Gasteiger partial charge in [0, 0.05) is 17.8 Å². The first kappa shape index (κ1) is 16.1. The minimum Gasteiger partial charge on any atom is -0.478 e. The molecule has 2 aromatic rings. The summed E-state index contributed by atoms with van der Waals surface area (Å²) in [7, 11) is 0. The van der Waals surface area contributed by atoms with Gasteiger partial charge in [0.05, 0.1) is 22.0 Å². The number of carboxylic acids is 1. The van der Waals surface area contributed by atoms with Crippen molar-refractivity contribution >= 4 is 23.2 Å². The molecule has 0 radical (unpaired) electrons. The fourth-order valence-corrected chi connectivity index (χ4v) is 3.04. The van der Waals surface area contributed by atoms with Gasteiger partial charge >= 0.3 is 5.97 Å². The zero-order chi connectivity index (χ0) is 16.3. The highest BCUT2D eigenvalue weighted by molar-refractivity contribution is 7.11. The lowest BCUT2D eigenvalue weighted by Gasteiger charge is -2.06. The summed E-state index contributed by atoms with van der Waals surface area (Å²) in [5.74, 6) is -1.35. The number of amides is 1. The van der Waals surface area contributed by atoms with Crippen LogP contribution in [0.15, 0.2) is 12.1 Å². The number of nitrogens with zero attached hydrogens (tertiary/aromatic N) is 2. The first-order chi connectivity index (χ1) is 10.4. The maximum absolute atomic E-state index is 12.0. The molecule has 2 aromatic heterocycles. The van der Waals surface area contributed by atoms with Crippen LogP contribution in [0.5, 0.6) is 0 Å². The Hall–Kier alpha value is -2.28. The van der Waals surface area contributed by atoms with Crippen molar-refractivity contribution in [3.63, 3.8) is 0 Å². The molecule has 0 aliphatic heterocycles. The number of hydrogen-bond donors (Lipinski definition) is 2. The number of carboxylic acid groups (broad SMARTS) is 1. The van der Waals surface area contributed by atoms with E-state index in [9.17, 15) is 9.59 Å². The topological polar surface area (TPSA) is 92.2 Å². The third-order valence-corrected chi connectivity index (χ3v) is 4.32. The van der Waals surface area contributed by atoms with Crippen molar-refractivity contribution in [1.29, 1.82) is 0 Å². The molecule has 0 saturated heterocycles. The van der Waals surface area contributed by atoms with Gasteiger partial charge in [-0.05, 0) is 32.9 Å². The second kappa shape index (κ2) is 6.65. The molecule has 0 spiro atoms. The highest BCUT2D eigenvalue weighted by Gasteiger charge is 2.13. The number of aromatic nitrogens is 2. The summed E-state index contributed by atoms with van der Waals surface area (Å²) < 4.78 is 0. The molecule has 0 aromatic carbocycles. The lowest BCUT2D eigenvalue weighted by molar-refractivity contribution is 0.0694. The maximum atomic E-state index is 12.0. The van der Waals surface area contributed by atoms with E-state index in [-0.39, 0.29) is 17.2 Å². The lowest BCUT2D eigenvalue weighted by Crippen LogP contribution is -2.27. The third-order valence-electron chi connectivity index (χ3n) is 3.19. The van der Waals surface area contributed by atoms with Crippen molar-refractivity contribution < 1.29 is 14.7 Å². The van der Waals surface area contributed by atoms with Crippen LogP contribution >= 0.6 is 11.3 Å². The van der Waals surface area contributed by atoms with Gasteiger partial charge in [-0.3, -0.25) is 4.79 Å². The molecule has 2 rings (SSSR count). The Morgan fingerprint density at radius 3 is 2.45 bits per heavy atom. The van der Waals surface area contributed by atoms with Gasteiger partial charge in [0.15, 0.2) is 0 Å². The molecular formula is C15H17N3O3S. The van der Waals surface area contributed by atoms with E-state index < -0.39 is 5.97 Å². The predicted molar refractivity (Wildman–Crippen MR) is 83.6 cm³/mol. The van der Waals surface area contributed by atoms with E-state index in [1.807, 2.05) is 13.8 Å². The number of carbonyl (C=O) groups excluding carboxylic acids is 1. The van der Waals surface area contributed by atoms with Gasteiger partial charge in [-0.25, -0.2) is 14.8 Å². The summed E-state index contributed by atoms with van der Waals surface area (Å²) in [6.45, 7) is 5.97. The Bertz CT molecular complexity index is 725. The van der Waals surface area contributed by atoms with Gasteiger partial charge in [-0.1, -0.05) is 0 Å². The van der Waals surface area contributed by atoms with Crippen molar-refractivity contribution in [2.75, 3.05) is 6.54 Å². The summed E-state index contributed by atoms with van der Waals surface area (Å²) in [5.41, 5.74) is 1.65. The fraction of sp³-hybridized carbons (Fsp3) is 0.333. The van der Waals surface area contributed by atoms with Crippen molar-refractivity contribution in [3.05, 3.63) is 44.7 Å². The Morgan fingerprint density at radius 1 is 1.18 bits per heavy atom. The molecule has 0 atom stereocenters. The van der Waals surface area contributed by atoms with Gasteiger partial charge in [0.2, 0.25) is 0 Å². The molecule has 0 aliphatic carbocycles. The Morgan fingerprint density at radius 2 is 1.91 bits per heavy atom. The van der Waals surface area contributed by atoms with Gasteiger partial charge in [0.1, 0.15) is 5.69 Å². The van der Waals surface area contributed by atoms with Crippen LogP contribution in [0.25, 0.3) is 0 Å². The SMILES string of the molecule is Cc1nc(C)c(CCNC(=O)c2ccc(C(=O)O)c(C)n2)s1. The van der Waals surface area contributed by atoms with E-state index in [2.05, 4.69) is 15.3 Å². The molecule has 0 aliphatic rings. The molecule has 0 bridgehead atoms. The van der Waals surface area contributed by atoms with E-state index in [1.54, 1.807) is 18.3 Å². The number of pyridine rings is 1. The van der Waals surface area contributed by atoms with E-state index in [1.165, 1.54) is 12.1 Å². The number of aromatic carboxylic acids is 1. The number of rotatable bonds is 5.